The molecule has 5 aliphatic rings. The number of fused-ring (bicyclic) bond motifs is 2. The van der Waals surface area contributed by atoms with Crippen LogP contribution in [0.1, 0.15) is 69.8 Å². The first-order valence-electron chi connectivity index (χ1n) is 12.2. The number of aliphatic hydroxyl groups excluding tert-OH is 1. The first-order chi connectivity index (χ1) is 15.0. The number of hydrogen-bond donors (Lipinski definition) is 1. The van der Waals surface area contributed by atoms with E-state index in [0.29, 0.717) is 11.8 Å². The highest BCUT2D eigenvalue weighted by Crippen LogP contribution is 2.69. The number of benzene rings is 1. The average molecular weight is 414 g/mol. The standard InChI is InChI=1S/C28H31NO2/c1-26-10-8-22-15-21-4-5-23(30)16-27(21)11-12-28(22,31-27)25(26)7-6-24(26)19-3-2-18-9-13-29-17-20(18)14-19/h2-3,8-9,13-15,17,23-25,30H,4-7,10-12,16H2,1H3/t23-,24?,25+,26+,27+,28+/m0/s1. The zero-order chi connectivity index (χ0) is 20.8. The largest absolute Gasteiger partial charge is 0.393 e. The van der Waals surface area contributed by atoms with Gasteiger partial charge in [0.1, 0.15) is 0 Å². The van der Waals surface area contributed by atoms with E-state index in [0.717, 1.165) is 38.5 Å². The predicted octanol–water partition coefficient (Wildman–Crippen LogP) is 5.84. The lowest BCUT2D eigenvalue weighted by molar-refractivity contribution is -0.144. The van der Waals surface area contributed by atoms with Gasteiger partial charge in [-0.05, 0) is 96.4 Å². The van der Waals surface area contributed by atoms with Gasteiger partial charge in [0.15, 0.2) is 0 Å². The maximum absolute atomic E-state index is 10.4. The maximum atomic E-state index is 10.4. The minimum Gasteiger partial charge on any atom is -0.393 e. The normalized spacial score (nSPS) is 43.1. The van der Waals surface area contributed by atoms with Crippen molar-refractivity contribution in [3.8, 4) is 0 Å². The summed E-state index contributed by atoms with van der Waals surface area (Å²) in [5.41, 5.74) is 4.26. The van der Waals surface area contributed by atoms with Crippen LogP contribution in [0.5, 0.6) is 0 Å². The number of ether oxygens (including phenoxy) is 1. The van der Waals surface area contributed by atoms with E-state index in [9.17, 15) is 5.11 Å². The lowest BCUT2D eigenvalue weighted by Gasteiger charge is -2.54. The van der Waals surface area contributed by atoms with Crippen molar-refractivity contribution in [1.29, 1.82) is 0 Å². The van der Waals surface area contributed by atoms with Gasteiger partial charge in [-0.2, -0.15) is 0 Å². The molecular weight excluding hydrogens is 382 g/mol. The van der Waals surface area contributed by atoms with Gasteiger partial charge in [0.05, 0.1) is 17.3 Å². The second-order valence-corrected chi connectivity index (χ2v) is 11.1. The molecule has 2 bridgehead atoms. The Hall–Kier alpha value is -1.97. The van der Waals surface area contributed by atoms with Gasteiger partial charge in [-0.25, -0.2) is 0 Å². The summed E-state index contributed by atoms with van der Waals surface area (Å²) >= 11 is 0. The third kappa shape index (κ3) is 2.34. The molecular formula is C28H31NO2. The number of pyridine rings is 1. The van der Waals surface area contributed by atoms with E-state index >= 15 is 0 Å². The van der Waals surface area contributed by atoms with E-state index in [1.54, 1.807) is 0 Å². The van der Waals surface area contributed by atoms with Crippen molar-refractivity contribution in [2.75, 3.05) is 0 Å². The van der Waals surface area contributed by atoms with Gasteiger partial charge in [-0.3, -0.25) is 4.98 Å². The molecule has 3 heterocycles. The van der Waals surface area contributed by atoms with Crippen LogP contribution in [0.3, 0.4) is 0 Å². The van der Waals surface area contributed by atoms with Crippen LogP contribution < -0.4 is 0 Å². The van der Waals surface area contributed by atoms with Gasteiger partial charge in [-0.1, -0.05) is 31.2 Å². The van der Waals surface area contributed by atoms with E-state index in [2.05, 4.69) is 48.3 Å². The van der Waals surface area contributed by atoms with Crippen LogP contribution in [0.25, 0.3) is 10.8 Å². The summed E-state index contributed by atoms with van der Waals surface area (Å²) in [6.07, 6.45) is 17.1. The summed E-state index contributed by atoms with van der Waals surface area (Å²) in [7, 11) is 0. The van der Waals surface area contributed by atoms with Gasteiger partial charge in [0, 0.05) is 24.2 Å². The van der Waals surface area contributed by atoms with Gasteiger partial charge in [-0.15, -0.1) is 0 Å². The molecule has 0 radical (unpaired) electrons. The zero-order valence-corrected chi connectivity index (χ0v) is 18.3. The third-order valence-electron chi connectivity index (χ3n) is 9.72. The smallest absolute Gasteiger partial charge is 0.0974 e. The Labute approximate surface area is 184 Å². The second kappa shape index (κ2) is 6.08. The molecule has 2 aromatic rings. The highest BCUT2D eigenvalue weighted by molar-refractivity contribution is 5.82. The predicted molar refractivity (Wildman–Crippen MR) is 122 cm³/mol. The Bertz CT molecular complexity index is 1150. The maximum Gasteiger partial charge on any atom is 0.0974 e. The summed E-state index contributed by atoms with van der Waals surface area (Å²) < 4.78 is 7.18. The fourth-order valence-electron chi connectivity index (χ4n) is 8.25. The monoisotopic (exact) mass is 413 g/mol. The van der Waals surface area contributed by atoms with Crippen LogP contribution >= 0.6 is 0 Å². The number of aliphatic hydroxyl groups is 1. The minimum atomic E-state index is -0.213. The van der Waals surface area contributed by atoms with Crippen LogP contribution in [0.4, 0.5) is 0 Å². The molecule has 3 nitrogen and oxygen atoms in total. The highest BCUT2D eigenvalue weighted by atomic mass is 16.5. The van der Waals surface area contributed by atoms with Crippen molar-refractivity contribution in [3.05, 3.63) is 65.5 Å². The fourth-order valence-corrected chi connectivity index (χ4v) is 8.25. The first kappa shape index (κ1) is 18.6. The van der Waals surface area contributed by atoms with Gasteiger partial charge >= 0.3 is 0 Å². The molecule has 160 valence electrons. The molecule has 0 amide bonds. The summed E-state index contributed by atoms with van der Waals surface area (Å²) in [4.78, 5) is 4.35. The number of aromatic nitrogens is 1. The van der Waals surface area contributed by atoms with Crippen LogP contribution in [0, 0.1) is 11.3 Å². The van der Waals surface area contributed by atoms with Crippen LogP contribution in [0.15, 0.2) is 60.0 Å². The average Bonchev–Trinajstić information content (AvgIpc) is 3.28. The van der Waals surface area contributed by atoms with Crippen LogP contribution in [-0.2, 0) is 4.74 Å². The van der Waals surface area contributed by atoms with Crippen LogP contribution in [0.2, 0.25) is 0 Å². The minimum absolute atomic E-state index is 0.138. The topological polar surface area (TPSA) is 42.4 Å². The molecule has 2 aliphatic heterocycles. The molecule has 1 N–H and O–H groups in total. The zero-order valence-electron chi connectivity index (χ0n) is 18.3. The van der Waals surface area contributed by atoms with E-state index in [1.165, 1.54) is 40.3 Å². The third-order valence-corrected chi connectivity index (χ3v) is 9.72. The van der Waals surface area contributed by atoms with Crippen molar-refractivity contribution < 1.29 is 9.84 Å². The number of allylic oxidation sites excluding steroid dienone is 1. The summed E-state index contributed by atoms with van der Waals surface area (Å²) in [5.74, 6) is 1.10. The molecule has 2 spiro atoms. The Morgan fingerprint density at radius 2 is 2.03 bits per heavy atom. The molecule has 3 fully saturated rings. The molecule has 7 rings (SSSR count). The van der Waals surface area contributed by atoms with Crippen molar-refractivity contribution in [2.24, 2.45) is 11.3 Å². The van der Waals surface area contributed by atoms with E-state index in [4.69, 9.17) is 4.74 Å². The van der Waals surface area contributed by atoms with Crippen molar-refractivity contribution >= 4 is 10.8 Å². The molecule has 31 heavy (non-hydrogen) atoms. The lowest BCUT2D eigenvalue weighted by Crippen LogP contribution is -2.54. The van der Waals surface area contributed by atoms with E-state index in [-0.39, 0.29) is 22.7 Å². The molecule has 1 aromatic carbocycles. The first-order valence-corrected chi connectivity index (χ1v) is 12.2. The van der Waals surface area contributed by atoms with E-state index < -0.39 is 0 Å². The molecule has 3 aliphatic carbocycles. The Morgan fingerprint density at radius 1 is 1.10 bits per heavy atom. The molecule has 1 unspecified atom stereocenters. The van der Waals surface area contributed by atoms with Gasteiger partial charge in [0.25, 0.3) is 0 Å². The van der Waals surface area contributed by atoms with Crippen molar-refractivity contribution in [1.82, 2.24) is 4.98 Å². The van der Waals surface area contributed by atoms with Crippen molar-refractivity contribution in [2.45, 2.75) is 81.5 Å². The summed E-state index contributed by atoms with van der Waals surface area (Å²) in [5, 5.41) is 13.0. The number of hydrogen-bond acceptors (Lipinski definition) is 3. The molecule has 1 aromatic heterocycles. The van der Waals surface area contributed by atoms with Gasteiger partial charge in [0.2, 0.25) is 0 Å². The van der Waals surface area contributed by atoms with E-state index in [1.807, 2.05) is 12.4 Å². The quantitative estimate of drug-likeness (QED) is 0.639. The van der Waals surface area contributed by atoms with Gasteiger partial charge < -0.3 is 9.84 Å². The second-order valence-electron chi connectivity index (χ2n) is 11.1. The molecule has 3 heteroatoms. The Kier molecular flexibility index (Phi) is 3.65. The number of rotatable bonds is 1. The highest BCUT2D eigenvalue weighted by Gasteiger charge is 2.66. The summed E-state index contributed by atoms with van der Waals surface area (Å²) in [6.45, 7) is 2.52. The molecule has 1 saturated heterocycles. The SMILES string of the molecule is C[C@]12CC=C3C=C4CC[C@H](O)C[C@]45CC[C@]3(O5)[C@@H]1CCC2c1ccc2ccncc2c1. The molecule has 2 saturated carbocycles. The van der Waals surface area contributed by atoms with Crippen molar-refractivity contribution in [3.63, 3.8) is 0 Å². The lowest BCUT2D eigenvalue weighted by atomic mass is 9.58. The van der Waals surface area contributed by atoms with Crippen LogP contribution in [-0.4, -0.2) is 27.4 Å². The Balaban J connectivity index is 1.31. The fraction of sp³-hybridized carbons (Fsp3) is 0.536. The summed E-state index contributed by atoms with van der Waals surface area (Å²) in [6, 6.07) is 9.10. The molecule has 6 atom stereocenters. The Morgan fingerprint density at radius 3 is 2.97 bits per heavy atom. The number of nitrogens with zero attached hydrogens (tertiary/aromatic N) is 1.